The first kappa shape index (κ1) is 10.5. The molecule has 3 rings (SSSR count). The molecule has 1 aliphatic rings. The van der Waals surface area contributed by atoms with Crippen LogP contribution >= 0.6 is 0 Å². The number of nitrogens with two attached hydrogens (primary N) is 1. The predicted octanol–water partition coefficient (Wildman–Crippen LogP) is 3.21. The van der Waals surface area contributed by atoms with Crippen molar-refractivity contribution in [1.29, 1.82) is 0 Å². The lowest BCUT2D eigenvalue weighted by atomic mass is 10.1. The molecule has 0 aliphatic heterocycles. The fourth-order valence-corrected chi connectivity index (χ4v) is 2.11. The number of hydrogen-bond acceptors (Lipinski definition) is 2. The topological polar surface area (TPSA) is 39.2 Å². The van der Waals surface area contributed by atoms with Crippen LogP contribution in [0.1, 0.15) is 23.7 Å². The van der Waals surface area contributed by atoms with Crippen LogP contribution in [0.15, 0.2) is 34.7 Å². The van der Waals surface area contributed by atoms with Gasteiger partial charge in [0, 0.05) is 17.5 Å². The molecule has 2 atom stereocenters. The SMILES string of the molecule is Cc1c(F)cccc1-c1ccc([C@@H]2C[C@@H]2N)o1. The lowest BCUT2D eigenvalue weighted by Crippen LogP contribution is -2.00. The van der Waals surface area contributed by atoms with Crippen LogP contribution in [-0.4, -0.2) is 6.04 Å². The second kappa shape index (κ2) is 3.70. The van der Waals surface area contributed by atoms with Crippen LogP contribution < -0.4 is 5.73 Å². The molecule has 3 heteroatoms. The Hall–Kier alpha value is -1.61. The molecule has 0 unspecified atom stereocenters. The van der Waals surface area contributed by atoms with Gasteiger partial charge in [0.15, 0.2) is 0 Å². The van der Waals surface area contributed by atoms with Crippen LogP contribution in [0.25, 0.3) is 11.3 Å². The lowest BCUT2D eigenvalue weighted by molar-refractivity contribution is 0.521. The van der Waals surface area contributed by atoms with Gasteiger partial charge in [0.1, 0.15) is 17.3 Å². The summed E-state index contributed by atoms with van der Waals surface area (Å²) >= 11 is 0. The van der Waals surface area contributed by atoms with Crippen LogP contribution in [0.2, 0.25) is 0 Å². The smallest absolute Gasteiger partial charge is 0.134 e. The van der Waals surface area contributed by atoms with Gasteiger partial charge in [0.05, 0.1) is 0 Å². The average Bonchev–Trinajstić information content (AvgIpc) is 2.86. The Labute approximate surface area is 99.2 Å². The van der Waals surface area contributed by atoms with Crippen molar-refractivity contribution >= 4 is 0 Å². The normalized spacial score (nSPS) is 22.8. The zero-order valence-corrected chi connectivity index (χ0v) is 9.61. The average molecular weight is 231 g/mol. The zero-order chi connectivity index (χ0) is 12.0. The third-order valence-electron chi connectivity index (χ3n) is 3.37. The second-order valence-electron chi connectivity index (χ2n) is 4.62. The molecule has 0 saturated heterocycles. The van der Waals surface area contributed by atoms with Gasteiger partial charge in [-0.1, -0.05) is 12.1 Å². The Kier molecular flexibility index (Phi) is 2.30. The minimum Gasteiger partial charge on any atom is -0.461 e. The van der Waals surface area contributed by atoms with Gasteiger partial charge in [-0.3, -0.25) is 0 Å². The molecule has 1 heterocycles. The highest BCUT2D eigenvalue weighted by atomic mass is 19.1. The summed E-state index contributed by atoms with van der Waals surface area (Å²) < 4.78 is 19.2. The molecule has 1 saturated carbocycles. The van der Waals surface area contributed by atoms with Crippen LogP contribution in [0.5, 0.6) is 0 Å². The van der Waals surface area contributed by atoms with Gasteiger partial charge in [-0.2, -0.15) is 0 Å². The molecule has 0 radical (unpaired) electrons. The van der Waals surface area contributed by atoms with E-state index in [0.29, 0.717) is 11.5 Å². The highest BCUT2D eigenvalue weighted by molar-refractivity contribution is 5.62. The molecule has 2 aromatic rings. The van der Waals surface area contributed by atoms with E-state index in [1.54, 1.807) is 13.0 Å². The fourth-order valence-electron chi connectivity index (χ4n) is 2.11. The molecule has 0 amide bonds. The highest BCUT2D eigenvalue weighted by Crippen LogP contribution is 2.41. The Morgan fingerprint density at radius 1 is 1.29 bits per heavy atom. The first-order valence-corrected chi connectivity index (χ1v) is 5.77. The molecule has 1 aromatic heterocycles. The summed E-state index contributed by atoms with van der Waals surface area (Å²) in [7, 11) is 0. The number of furan rings is 1. The summed E-state index contributed by atoms with van der Waals surface area (Å²) in [5, 5.41) is 0. The predicted molar refractivity (Wildman–Crippen MR) is 64.2 cm³/mol. The molecule has 2 nitrogen and oxygen atoms in total. The van der Waals surface area contributed by atoms with Crippen molar-refractivity contribution in [1.82, 2.24) is 0 Å². The molecule has 2 N–H and O–H groups in total. The van der Waals surface area contributed by atoms with E-state index in [4.69, 9.17) is 10.2 Å². The fraction of sp³-hybridized carbons (Fsp3) is 0.286. The van der Waals surface area contributed by atoms with Gasteiger partial charge in [0.25, 0.3) is 0 Å². The maximum absolute atomic E-state index is 13.4. The summed E-state index contributed by atoms with van der Waals surface area (Å²) in [4.78, 5) is 0. The van der Waals surface area contributed by atoms with Crippen LogP contribution in [-0.2, 0) is 0 Å². The van der Waals surface area contributed by atoms with E-state index in [0.717, 1.165) is 23.5 Å². The molecule has 1 aromatic carbocycles. The van der Waals surface area contributed by atoms with Gasteiger partial charge in [-0.15, -0.1) is 0 Å². The number of rotatable bonds is 2. The molecular formula is C14H14FNO. The minimum absolute atomic E-state index is 0.205. The summed E-state index contributed by atoms with van der Waals surface area (Å²) in [6.45, 7) is 1.76. The van der Waals surface area contributed by atoms with Crippen LogP contribution in [0, 0.1) is 12.7 Å². The summed E-state index contributed by atoms with van der Waals surface area (Å²) in [6, 6.07) is 9.08. The van der Waals surface area contributed by atoms with Gasteiger partial charge in [-0.05, 0) is 37.1 Å². The van der Waals surface area contributed by atoms with Crippen LogP contribution in [0.3, 0.4) is 0 Å². The number of hydrogen-bond donors (Lipinski definition) is 1. The van der Waals surface area contributed by atoms with E-state index in [2.05, 4.69) is 0 Å². The van der Waals surface area contributed by atoms with E-state index in [-0.39, 0.29) is 11.9 Å². The molecule has 1 aliphatic carbocycles. The first-order chi connectivity index (χ1) is 8.16. The van der Waals surface area contributed by atoms with E-state index >= 15 is 0 Å². The minimum atomic E-state index is -0.205. The van der Waals surface area contributed by atoms with Gasteiger partial charge in [0.2, 0.25) is 0 Å². The third-order valence-corrected chi connectivity index (χ3v) is 3.37. The Morgan fingerprint density at radius 2 is 2.06 bits per heavy atom. The molecule has 88 valence electrons. The van der Waals surface area contributed by atoms with Crippen molar-refractivity contribution in [3.05, 3.63) is 47.5 Å². The van der Waals surface area contributed by atoms with E-state index < -0.39 is 0 Å². The van der Waals surface area contributed by atoms with Crippen molar-refractivity contribution in [2.75, 3.05) is 0 Å². The largest absolute Gasteiger partial charge is 0.461 e. The van der Waals surface area contributed by atoms with E-state index in [1.807, 2.05) is 18.2 Å². The zero-order valence-electron chi connectivity index (χ0n) is 9.61. The maximum Gasteiger partial charge on any atom is 0.134 e. The summed E-state index contributed by atoms with van der Waals surface area (Å²) in [5.74, 6) is 1.77. The van der Waals surface area contributed by atoms with Crippen molar-refractivity contribution in [2.24, 2.45) is 5.73 Å². The van der Waals surface area contributed by atoms with Crippen molar-refractivity contribution in [2.45, 2.75) is 25.3 Å². The Bertz CT molecular complexity index is 561. The van der Waals surface area contributed by atoms with Crippen molar-refractivity contribution < 1.29 is 8.81 Å². The summed E-state index contributed by atoms with van der Waals surface area (Å²) in [6.07, 6.45) is 0.981. The van der Waals surface area contributed by atoms with Crippen molar-refractivity contribution in [3.8, 4) is 11.3 Å². The second-order valence-corrected chi connectivity index (χ2v) is 4.62. The number of benzene rings is 1. The van der Waals surface area contributed by atoms with Gasteiger partial charge >= 0.3 is 0 Å². The van der Waals surface area contributed by atoms with E-state index in [9.17, 15) is 4.39 Å². The maximum atomic E-state index is 13.4. The Morgan fingerprint density at radius 3 is 2.76 bits per heavy atom. The quantitative estimate of drug-likeness (QED) is 0.862. The number of halogens is 1. The van der Waals surface area contributed by atoms with Crippen LogP contribution in [0.4, 0.5) is 4.39 Å². The monoisotopic (exact) mass is 231 g/mol. The lowest BCUT2D eigenvalue weighted by Gasteiger charge is -2.03. The standard InChI is InChI=1S/C14H14FNO/c1-8-9(3-2-4-11(8)15)13-5-6-14(17-13)10-7-12(10)16/h2-6,10,12H,7,16H2,1H3/t10-,12+/m1/s1. The molecule has 0 bridgehead atoms. The van der Waals surface area contributed by atoms with Crippen molar-refractivity contribution in [3.63, 3.8) is 0 Å². The molecular weight excluding hydrogens is 217 g/mol. The molecule has 17 heavy (non-hydrogen) atoms. The van der Waals surface area contributed by atoms with E-state index in [1.165, 1.54) is 6.07 Å². The molecule has 0 spiro atoms. The highest BCUT2D eigenvalue weighted by Gasteiger charge is 2.37. The van der Waals surface area contributed by atoms with Gasteiger partial charge < -0.3 is 10.2 Å². The Balaban J connectivity index is 1.98. The van der Waals surface area contributed by atoms with Gasteiger partial charge in [-0.25, -0.2) is 4.39 Å². The molecule has 1 fully saturated rings. The third kappa shape index (κ3) is 1.76. The first-order valence-electron chi connectivity index (χ1n) is 5.77. The summed E-state index contributed by atoms with van der Waals surface area (Å²) in [5.41, 5.74) is 7.21.